The fourth-order valence-electron chi connectivity index (χ4n) is 1.51. The van der Waals surface area contributed by atoms with Crippen molar-refractivity contribution in [3.63, 3.8) is 0 Å². The average molecular weight is 316 g/mol. The molecule has 1 aliphatic carbocycles. The summed E-state index contributed by atoms with van der Waals surface area (Å²) in [7, 11) is 0. The highest BCUT2D eigenvalue weighted by molar-refractivity contribution is 9.25. The van der Waals surface area contributed by atoms with Crippen LogP contribution in [0.1, 0.15) is 20.8 Å². The van der Waals surface area contributed by atoms with E-state index in [4.69, 9.17) is 9.47 Å². The van der Waals surface area contributed by atoms with Gasteiger partial charge in [0, 0.05) is 19.1 Å². The molecule has 0 spiro atoms. The van der Waals surface area contributed by atoms with E-state index < -0.39 is 0 Å². The summed E-state index contributed by atoms with van der Waals surface area (Å²) in [6.45, 7) is 7.56. The quantitative estimate of drug-likeness (QED) is 0.573. The van der Waals surface area contributed by atoms with Gasteiger partial charge in [0.05, 0.1) is 3.23 Å². The van der Waals surface area contributed by atoms with Crippen molar-refractivity contribution in [1.29, 1.82) is 0 Å². The van der Waals surface area contributed by atoms with E-state index >= 15 is 0 Å². The van der Waals surface area contributed by atoms with Crippen LogP contribution >= 0.6 is 31.9 Å². The molecule has 1 saturated carbocycles. The van der Waals surface area contributed by atoms with Crippen molar-refractivity contribution in [2.24, 2.45) is 11.8 Å². The van der Waals surface area contributed by atoms with Crippen molar-refractivity contribution in [2.45, 2.75) is 30.3 Å². The van der Waals surface area contributed by atoms with Crippen LogP contribution in [0.5, 0.6) is 0 Å². The van der Waals surface area contributed by atoms with Crippen LogP contribution in [0.3, 0.4) is 0 Å². The first-order chi connectivity index (χ1) is 6.05. The average Bonchev–Trinajstić information content (AvgIpc) is 2.52. The van der Waals surface area contributed by atoms with Crippen LogP contribution in [-0.4, -0.2) is 22.7 Å². The van der Waals surface area contributed by atoms with Gasteiger partial charge in [-0.05, 0) is 19.8 Å². The van der Waals surface area contributed by atoms with E-state index in [-0.39, 0.29) is 9.52 Å². The zero-order valence-electron chi connectivity index (χ0n) is 8.22. The van der Waals surface area contributed by atoms with E-state index in [9.17, 15) is 0 Å². The number of hydrogen-bond donors (Lipinski definition) is 0. The molecule has 4 heteroatoms. The second-order valence-electron chi connectivity index (χ2n) is 3.27. The topological polar surface area (TPSA) is 18.5 Å². The highest BCUT2D eigenvalue weighted by atomic mass is 79.9. The Kier molecular flexibility index (Phi) is 4.23. The Balaban J connectivity index is 2.47. The van der Waals surface area contributed by atoms with Crippen molar-refractivity contribution in [1.82, 2.24) is 0 Å². The summed E-state index contributed by atoms with van der Waals surface area (Å²) in [5.41, 5.74) is 0. The molecule has 0 amide bonds. The van der Waals surface area contributed by atoms with E-state index in [2.05, 4.69) is 38.8 Å². The number of halogens is 2. The minimum absolute atomic E-state index is 0.0228. The third-order valence-electron chi connectivity index (χ3n) is 2.44. The molecule has 0 aliphatic heterocycles. The predicted octanol–water partition coefficient (Wildman–Crippen LogP) is 3.14. The Morgan fingerprint density at radius 3 is 1.85 bits per heavy atom. The van der Waals surface area contributed by atoms with Crippen molar-refractivity contribution in [3.05, 3.63) is 0 Å². The smallest absolute Gasteiger partial charge is 0.162 e. The molecular weight excluding hydrogens is 300 g/mol. The van der Waals surface area contributed by atoms with E-state index in [1.54, 1.807) is 0 Å². The molecule has 1 rings (SSSR count). The fraction of sp³-hybridized carbons (Fsp3) is 1.00. The summed E-state index contributed by atoms with van der Waals surface area (Å²) in [4.78, 5) is 0. The van der Waals surface area contributed by atoms with Gasteiger partial charge in [-0.1, -0.05) is 38.8 Å². The van der Waals surface area contributed by atoms with Crippen molar-refractivity contribution < 1.29 is 9.47 Å². The lowest BCUT2D eigenvalue weighted by Crippen LogP contribution is -2.22. The van der Waals surface area contributed by atoms with Crippen molar-refractivity contribution in [2.75, 3.05) is 13.2 Å². The van der Waals surface area contributed by atoms with Crippen LogP contribution in [0.25, 0.3) is 0 Å². The zero-order chi connectivity index (χ0) is 10.1. The summed E-state index contributed by atoms with van der Waals surface area (Å²) in [6, 6.07) is 0. The van der Waals surface area contributed by atoms with E-state index in [1.807, 2.05) is 13.8 Å². The molecule has 1 aliphatic rings. The standard InChI is InChI=1S/C9H16Br2O2/c1-4-12-8(13-5-2)7-6(3)9(7,10)11/h6-8H,4-5H2,1-3H3. The molecule has 0 aromatic heterocycles. The molecule has 0 bridgehead atoms. The van der Waals surface area contributed by atoms with Gasteiger partial charge in [0.15, 0.2) is 6.29 Å². The van der Waals surface area contributed by atoms with Gasteiger partial charge in [-0.3, -0.25) is 0 Å². The first-order valence-corrected chi connectivity index (χ1v) is 6.25. The summed E-state index contributed by atoms with van der Waals surface area (Å²) in [5, 5.41) is 0. The highest BCUT2D eigenvalue weighted by Crippen LogP contribution is 2.63. The molecule has 2 nitrogen and oxygen atoms in total. The van der Waals surface area contributed by atoms with Gasteiger partial charge in [-0.15, -0.1) is 0 Å². The Morgan fingerprint density at radius 2 is 1.62 bits per heavy atom. The van der Waals surface area contributed by atoms with Crippen LogP contribution in [0.2, 0.25) is 0 Å². The van der Waals surface area contributed by atoms with Gasteiger partial charge in [-0.25, -0.2) is 0 Å². The molecule has 0 aromatic carbocycles. The molecule has 13 heavy (non-hydrogen) atoms. The molecule has 0 N–H and O–H groups in total. The zero-order valence-corrected chi connectivity index (χ0v) is 11.4. The predicted molar refractivity (Wildman–Crippen MR) is 60.3 cm³/mol. The lowest BCUT2D eigenvalue weighted by atomic mass is 10.3. The fourth-order valence-corrected chi connectivity index (χ4v) is 3.04. The molecule has 78 valence electrons. The van der Waals surface area contributed by atoms with E-state index in [1.165, 1.54) is 0 Å². The SMILES string of the molecule is CCOC(OCC)C1C(C)C1(Br)Br. The van der Waals surface area contributed by atoms with Crippen LogP contribution < -0.4 is 0 Å². The summed E-state index contributed by atoms with van der Waals surface area (Å²) < 4.78 is 11.1. The molecule has 2 atom stereocenters. The largest absolute Gasteiger partial charge is 0.353 e. The van der Waals surface area contributed by atoms with E-state index in [0.717, 1.165) is 0 Å². The van der Waals surface area contributed by atoms with Crippen LogP contribution in [0, 0.1) is 11.8 Å². The van der Waals surface area contributed by atoms with Gasteiger partial charge in [0.2, 0.25) is 0 Å². The first kappa shape index (κ1) is 12.0. The van der Waals surface area contributed by atoms with Gasteiger partial charge in [0.25, 0.3) is 0 Å². The molecule has 0 heterocycles. The molecule has 2 unspecified atom stereocenters. The number of alkyl halides is 2. The third-order valence-corrected chi connectivity index (χ3v) is 4.94. The normalized spacial score (nSPS) is 30.9. The minimum atomic E-state index is -0.0799. The lowest BCUT2D eigenvalue weighted by Gasteiger charge is -2.17. The second kappa shape index (κ2) is 4.60. The number of ether oxygens (including phenoxy) is 2. The Hall–Kier alpha value is 0.880. The summed E-state index contributed by atoms with van der Waals surface area (Å²) in [5.74, 6) is 0.961. The van der Waals surface area contributed by atoms with Crippen LogP contribution in [-0.2, 0) is 9.47 Å². The van der Waals surface area contributed by atoms with Gasteiger partial charge in [0.1, 0.15) is 0 Å². The minimum Gasteiger partial charge on any atom is -0.353 e. The first-order valence-electron chi connectivity index (χ1n) is 4.66. The molecular formula is C9H16Br2O2. The maximum absolute atomic E-state index is 5.53. The van der Waals surface area contributed by atoms with Crippen LogP contribution in [0.15, 0.2) is 0 Å². The van der Waals surface area contributed by atoms with Crippen LogP contribution in [0.4, 0.5) is 0 Å². The number of rotatable bonds is 5. The summed E-state index contributed by atoms with van der Waals surface area (Å²) in [6.07, 6.45) is -0.0799. The lowest BCUT2D eigenvalue weighted by molar-refractivity contribution is -0.150. The Labute approximate surface area is 96.6 Å². The molecule has 1 fully saturated rings. The Bertz CT molecular complexity index is 167. The van der Waals surface area contributed by atoms with E-state index in [0.29, 0.717) is 25.0 Å². The maximum Gasteiger partial charge on any atom is 0.162 e. The second-order valence-corrected chi connectivity index (χ2v) is 6.96. The van der Waals surface area contributed by atoms with Gasteiger partial charge >= 0.3 is 0 Å². The number of hydrogen-bond acceptors (Lipinski definition) is 2. The van der Waals surface area contributed by atoms with Crippen molar-refractivity contribution in [3.8, 4) is 0 Å². The highest BCUT2D eigenvalue weighted by Gasteiger charge is 2.63. The van der Waals surface area contributed by atoms with Crippen molar-refractivity contribution >= 4 is 31.9 Å². The molecule has 0 saturated heterocycles. The summed E-state index contributed by atoms with van der Waals surface area (Å²) >= 11 is 7.23. The monoisotopic (exact) mass is 314 g/mol. The molecule has 0 radical (unpaired) electrons. The Morgan fingerprint density at radius 1 is 1.23 bits per heavy atom. The molecule has 0 aromatic rings. The van der Waals surface area contributed by atoms with Gasteiger partial charge in [-0.2, -0.15) is 0 Å². The van der Waals surface area contributed by atoms with Gasteiger partial charge < -0.3 is 9.47 Å². The third kappa shape index (κ3) is 2.46. The maximum atomic E-state index is 5.53.